The maximum atomic E-state index is 13.3. The van der Waals surface area contributed by atoms with Gasteiger partial charge in [-0.05, 0) is 42.3 Å². The highest BCUT2D eigenvalue weighted by atomic mass is 32.2. The molecule has 2 N–H and O–H groups in total. The molecule has 0 radical (unpaired) electrons. The average Bonchev–Trinajstić information content (AvgIpc) is 3.04. The van der Waals surface area contributed by atoms with Crippen LogP contribution in [0.5, 0.6) is 0 Å². The number of hydrogen-bond acceptors (Lipinski definition) is 5. The van der Waals surface area contributed by atoms with Crippen molar-refractivity contribution in [1.82, 2.24) is 9.97 Å². The molecule has 0 aliphatic heterocycles. The number of thioether (sulfide) groups is 1. The fourth-order valence-corrected chi connectivity index (χ4v) is 4.84. The predicted molar refractivity (Wildman–Crippen MR) is 115 cm³/mol. The summed E-state index contributed by atoms with van der Waals surface area (Å²) in [6.45, 7) is 1.75. The molecule has 4 rings (SSSR count). The number of thiophene rings is 1. The third-order valence-electron chi connectivity index (χ3n) is 4.28. The Morgan fingerprint density at radius 2 is 2.00 bits per heavy atom. The molecule has 0 atom stereocenters. The number of anilines is 1. The number of halogens is 1. The Kier molecular flexibility index (Phi) is 5.46. The first-order valence-corrected chi connectivity index (χ1v) is 10.6. The third kappa shape index (κ3) is 4.23. The average molecular weight is 426 g/mol. The minimum atomic E-state index is -0.303. The summed E-state index contributed by atoms with van der Waals surface area (Å²) in [7, 11) is 0. The number of aromatic nitrogens is 2. The van der Waals surface area contributed by atoms with E-state index in [9.17, 15) is 14.0 Å². The number of rotatable bonds is 5. The number of nitrogens with zero attached hydrogens (tertiary/aromatic N) is 1. The number of amides is 1. The number of H-pyrrole nitrogens is 1. The minimum Gasteiger partial charge on any atom is -0.321 e. The lowest BCUT2D eigenvalue weighted by atomic mass is 10.2. The summed E-state index contributed by atoms with van der Waals surface area (Å²) >= 11 is 2.50. The molecule has 0 aliphatic carbocycles. The van der Waals surface area contributed by atoms with Crippen molar-refractivity contribution < 1.29 is 9.18 Å². The molecule has 1 amide bonds. The van der Waals surface area contributed by atoms with E-state index in [4.69, 9.17) is 0 Å². The molecular formula is C21H16FN3O2S2. The summed E-state index contributed by atoms with van der Waals surface area (Å²) in [5.41, 5.74) is 1.80. The van der Waals surface area contributed by atoms with Crippen LogP contribution >= 0.6 is 23.1 Å². The number of aryl methyl sites for hydroxylation is 1. The highest BCUT2D eigenvalue weighted by Crippen LogP contribution is 2.29. The van der Waals surface area contributed by atoms with Crippen LogP contribution in [0.1, 0.15) is 20.8 Å². The SMILES string of the molecule is Cc1c(C(=O)Nc2ccccc2)sc2nc(SCc3cccc(F)c3)[nH]c(=O)c12. The molecule has 0 spiro atoms. The molecule has 0 unspecified atom stereocenters. The fourth-order valence-electron chi connectivity index (χ4n) is 2.90. The topological polar surface area (TPSA) is 74.8 Å². The number of para-hydroxylation sites is 1. The van der Waals surface area contributed by atoms with Crippen molar-refractivity contribution in [1.29, 1.82) is 0 Å². The van der Waals surface area contributed by atoms with Gasteiger partial charge in [-0.25, -0.2) is 9.37 Å². The molecule has 29 heavy (non-hydrogen) atoms. The number of hydrogen-bond donors (Lipinski definition) is 2. The Balaban J connectivity index is 1.60. The van der Waals surface area contributed by atoms with Gasteiger partial charge in [0.2, 0.25) is 0 Å². The lowest BCUT2D eigenvalue weighted by Gasteiger charge is -2.03. The number of carbonyl (C=O) groups is 1. The molecule has 0 fully saturated rings. The molecule has 2 aromatic heterocycles. The van der Waals surface area contributed by atoms with Crippen LogP contribution in [-0.2, 0) is 5.75 Å². The van der Waals surface area contributed by atoms with Crippen molar-refractivity contribution in [3.05, 3.63) is 86.8 Å². The van der Waals surface area contributed by atoms with E-state index in [1.807, 2.05) is 24.3 Å². The number of fused-ring (bicyclic) bond motifs is 1. The smallest absolute Gasteiger partial charge is 0.266 e. The van der Waals surface area contributed by atoms with Gasteiger partial charge in [0.15, 0.2) is 5.16 Å². The molecule has 0 saturated carbocycles. The predicted octanol–water partition coefficient (Wildman–Crippen LogP) is 4.98. The van der Waals surface area contributed by atoms with Gasteiger partial charge in [0.05, 0.1) is 10.3 Å². The van der Waals surface area contributed by atoms with E-state index in [1.165, 1.54) is 35.2 Å². The summed E-state index contributed by atoms with van der Waals surface area (Å²) < 4.78 is 13.3. The molecular weight excluding hydrogens is 409 g/mol. The monoisotopic (exact) mass is 425 g/mol. The van der Waals surface area contributed by atoms with Crippen molar-refractivity contribution in [2.75, 3.05) is 5.32 Å². The highest BCUT2D eigenvalue weighted by molar-refractivity contribution is 7.98. The first-order chi connectivity index (χ1) is 14.0. The zero-order valence-electron chi connectivity index (χ0n) is 15.4. The van der Waals surface area contributed by atoms with Crippen LogP contribution in [0.3, 0.4) is 0 Å². The van der Waals surface area contributed by atoms with Crippen LogP contribution in [0.15, 0.2) is 64.5 Å². The van der Waals surface area contributed by atoms with Gasteiger partial charge in [-0.3, -0.25) is 9.59 Å². The second kappa shape index (κ2) is 8.18. The lowest BCUT2D eigenvalue weighted by Crippen LogP contribution is -2.12. The second-order valence-corrected chi connectivity index (χ2v) is 8.31. The van der Waals surface area contributed by atoms with Crippen LogP contribution in [0.2, 0.25) is 0 Å². The maximum Gasteiger partial charge on any atom is 0.266 e. The largest absolute Gasteiger partial charge is 0.321 e. The van der Waals surface area contributed by atoms with E-state index in [0.29, 0.717) is 37.3 Å². The van der Waals surface area contributed by atoms with Crippen molar-refractivity contribution >= 4 is 44.9 Å². The van der Waals surface area contributed by atoms with Crippen LogP contribution in [-0.4, -0.2) is 15.9 Å². The van der Waals surface area contributed by atoms with Gasteiger partial charge in [-0.1, -0.05) is 42.1 Å². The highest BCUT2D eigenvalue weighted by Gasteiger charge is 2.19. The lowest BCUT2D eigenvalue weighted by molar-refractivity contribution is 0.103. The summed E-state index contributed by atoms with van der Waals surface area (Å²) in [5, 5.41) is 3.69. The van der Waals surface area contributed by atoms with E-state index in [2.05, 4.69) is 15.3 Å². The number of nitrogens with one attached hydrogen (secondary N) is 2. The molecule has 4 aromatic rings. The van der Waals surface area contributed by atoms with Crippen LogP contribution in [0.25, 0.3) is 10.2 Å². The Labute approximate surface area is 174 Å². The Morgan fingerprint density at radius 3 is 2.76 bits per heavy atom. The molecule has 5 nitrogen and oxygen atoms in total. The quantitative estimate of drug-likeness (QED) is 0.349. The van der Waals surface area contributed by atoms with Crippen LogP contribution < -0.4 is 10.9 Å². The number of benzene rings is 2. The van der Waals surface area contributed by atoms with Gasteiger partial charge >= 0.3 is 0 Å². The number of carbonyl (C=O) groups excluding carboxylic acids is 1. The summed E-state index contributed by atoms with van der Waals surface area (Å²) in [6, 6.07) is 15.4. The molecule has 2 heterocycles. The van der Waals surface area contributed by atoms with E-state index in [-0.39, 0.29) is 17.3 Å². The van der Waals surface area contributed by atoms with Gasteiger partial charge in [0.25, 0.3) is 11.5 Å². The van der Waals surface area contributed by atoms with E-state index >= 15 is 0 Å². The molecule has 0 bridgehead atoms. The van der Waals surface area contributed by atoms with Gasteiger partial charge in [0.1, 0.15) is 10.6 Å². The first kappa shape index (κ1) is 19.4. The van der Waals surface area contributed by atoms with E-state index in [0.717, 1.165) is 5.56 Å². The fraction of sp³-hybridized carbons (Fsp3) is 0.0952. The summed E-state index contributed by atoms with van der Waals surface area (Å²) in [4.78, 5) is 33.5. The molecule has 0 saturated heterocycles. The van der Waals surface area contributed by atoms with Crippen molar-refractivity contribution in [2.45, 2.75) is 17.8 Å². The summed E-state index contributed by atoms with van der Waals surface area (Å²) in [6.07, 6.45) is 0. The Bertz CT molecular complexity index is 1250. The molecule has 8 heteroatoms. The number of aromatic amines is 1. The minimum absolute atomic E-state index is 0.273. The maximum absolute atomic E-state index is 13.3. The standard InChI is InChI=1S/C21H16FN3O2S2/c1-12-16-18(26)24-21(28-11-13-6-5-7-14(22)10-13)25-20(16)29-17(12)19(27)23-15-8-3-2-4-9-15/h2-10H,11H2,1H3,(H,23,27)(H,24,25,26). The van der Waals surface area contributed by atoms with Gasteiger partial charge in [-0.2, -0.15) is 0 Å². The van der Waals surface area contributed by atoms with E-state index in [1.54, 1.807) is 25.1 Å². The van der Waals surface area contributed by atoms with Crippen LogP contribution in [0.4, 0.5) is 10.1 Å². The molecule has 2 aromatic carbocycles. The zero-order chi connectivity index (χ0) is 20.4. The third-order valence-corrected chi connectivity index (χ3v) is 6.41. The van der Waals surface area contributed by atoms with Gasteiger partial charge in [0, 0.05) is 11.4 Å². The normalized spacial score (nSPS) is 11.0. The van der Waals surface area contributed by atoms with Crippen molar-refractivity contribution in [3.8, 4) is 0 Å². The van der Waals surface area contributed by atoms with Crippen molar-refractivity contribution in [3.63, 3.8) is 0 Å². The van der Waals surface area contributed by atoms with Crippen molar-refractivity contribution in [2.24, 2.45) is 0 Å². The Morgan fingerprint density at radius 1 is 1.21 bits per heavy atom. The first-order valence-electron chi connectivity index (χ1n) is 8.78. The summed E-state index contributed by atoms with van der Waals surface area (Å²) in [5.74, 6) is -0.106. The van der Waals surface area contributed by atoms with Crippen LogP contribution in [0, 0.1) is 12.7 Å². The Hall–Kier alpha value is -2.97. The molecule has 0 aliphatic rings. The molecule has 146 valence electrons. The van der Waals surface area contributed by atoms with Gasteiger partial charge in [-0.15, -0.1) is 11.3 Å². The van der Waals surface area contributed by atoms with E-state index < -0.39 is 0 Å². The zero-order valence-corrected chi connectivity index (χ0v) is 17.0. The second-order valence-electron chi connectivity index (χ2n) is 6.35. The van der Waals surface area contributed by atoms with Gasteiger partial charge < -0.3 is 10.3 Å².